The third-order valence-corrected chi connectivity index (χ3v) is 3.12. The molecule has 0 radical (unpaired) electrons. The van der Waals surface area contributed by atoms with Crippen LogP contribution in [0.3, 0.4) is 0 Å². The lowest BCUT2D eigenvalue weighted by atomic mass is 10.4. The van der Waals surface area contributed by atoms with Crippen molar-refractivity contribution in [1.82, 2.24) is 9.97 Å². The number of rotatable bonds is 4. The molecule has 1 saturated heterocycles. The Labute approximate surface area is 91.5 Å². The highest BCUT2D eigenvalue weighted by atomic mass is 32.2. The maximum atomic E-state index is 5.32. The molecule has 2 rings (SSSR count). The van der Waals surface area contributed by atoms with Crippen molar-refractivity contribution in [3.8, 4) is 5.75 Å². The quantitative estimate of drug-likeness (QED) is 0.434. The molecule has 0 amide bonds. The van der Waals surface area contributed by atoms with E-state index in [0.717, 1.165) is 18.2 Å². The second kappa shape index (κ2) is 4.65. The summed E-state index contributed by atoms with van der Waals surface area (Å²) in [7, 11) is 1.57. The summed E-state index contributed by atoms with van der Waals surface area (Å²) in [6.45, 7) is 1.51. The molecule has 1 aliphatic rings. The molecule has 7 heteroatoms. The fraction of sp³-hybridized carbons (Fsp3) is 0.500. The van der Waals surface area contributed by atoms with Crippen LogP contribution in [0, 0.1) is 0 Å². The molecule has 1 fully saturated rings. The number of ether oxygens (including phenoxy) is 2. The molecule has 1 aromatic rings. The van der Waals surface area contributed by atoms with Crippen molar-refractivity contribution >= 4 is 17.6 Å². The zero-order valence-electron chi connectivity index (χ0n) is 8.27. The lowest BCUT2D eigenvalue weighted by molar-refractivity contribution is 0.0454. The second-order valence-electron chi connectivity index (χ2n) is 2.98. The number of thioether (sulfide) groups is 1. The Morgan fingerprint density at radius 1 is 1.60 bits per heavy atom. The number of nitrogens with one attached hydrogen (secondary N) is 1. The van der Waals surface area contributed by atoms with Gasteiger partial charge in [-0.15, -0.1) is 0 Å². The van der Waals surface area contributed by atoms with E-state index in [9.17, 15) is 0 Å². The molecule has 6 nitrogen and oxygen atoms in total. The molecule has 0 aromatic carbocycles. The van der Waals surface area contributed by atoms with E-state index in [0.29, 0.717) is 16.8 Å². The van der Waals surface area contributed by atoms with Crippen LogP contribution in [0.15, 0.2) is 11.4 Å². The van der Waals surface area contributed by atoms with Crippen LogP contribution in [0.5, 0.6) is 5.75 Å². The van der Waals surface area contributed by atoms with Crippen molar-refractivity contribution in [1.29, 1.82) is 0 Å². The van der Waals surface area contributed by atoms with Crippen LogP contribution in [0.4, 0.5) is 5.82 Å². The van der Waals surface area contributed by atoms with Gasteiger partial charge in [-0.2, -0.15) is 0 Å². The topological polar surface area (TPSA) is 82.3 Å². The van der Waals surface area contributed by atoms with Gasteiger partial charge >= 0.3 is 0 Å². The number of anilines is 1. The molecule has 1 aromatic heterocycles. The predicted octanol–water partition coefficient (Wildman–Crippen LogP) is 0.262. The Morgan fingerprint density at radius 2 is 2.40 bits per heavy atom. The monoisotopic (exact) mass is 228 g/mol. The number of methoxy groups -OCH3 is 1. The van der Waals surface area contributed by atoms with Crippen molar-refractivity contribution in [3.63, 3.8) is 0 Å². The summed E-state index contributed by atoms with van der Waals surface area (Å²) < 4.78 is 10.3. The minimum absolute atomic E-state index is 0.444. The van der Waals surface area contributed by atoms with Gasteiger partial charge in [0.1, 0.15) is 11.4 Å². The maximum absolute atomic E-state index is 5.32. The van der Waals surface area contributed by atoms with E-state index >= 15 is 0 Å². The van der Waals surface area contributed by atoms with Gasteiger partial charge in [0.15, 0.2) is 11.6 Å². The van der Waals surface area contributed by atoms with Gasteiger partial charge in [-0.05, 0) is 0 Å². The predicted molar refractivity (Wildman–Crippen MR) is 56.9 cm³/mol. The fourth-order valence-corrected chi connectivity index (χ4v) is 2.21. The number of hydrazine groups is 1. The van der Waals surface area contributed by atoms with Gasteiger partial charge in [0.05, 0.1) is 25.6 Å². The molecule has 3 N–H and O–H groups in total. The Hall–Kier alpha value is -1.05. The van der Waals surface area contributed by atoms with Crippen molar-refractivity contribution in [2.75, 3.05) is 25.7 Å². The zero-order chi connectivity index (χ0) is 10.7. The summed E-state index contributed by atoms with van der Waals surface area (Å²) in [5.41, 5.74) is 2.48. The Bertz CT molecular complexity index is 345. The average Bonchev–Trinajstić information content (AvgIpc) is 2.22. The minimum Gasteiger partial charge on any atom is -0.490 e. The fourth-order valence-electron chi connectivity index (χ4n) is 1.17. The molecule has 15 heavy (non-hydrogen) atoms. The molecule has 0 atom stereocenters. The smallest absolute Gasteiger partial charge is 0.195 e. The molecular formula is C8H12N4O2S. The first-order valence-electron chi connectivity index (χ1n) is 4.45. The summed E-state index contributed by atoms with van der Waals surface area (Å²) in [6, 6.07) is 0. The Kier molecular flexibility index (Phi) is 3.24. The highest BCUT2D eigenvalue weighted by Crippen LogP contribution is 2.36. The van der Waals surface area contributed by atoms with E-state index in [-0.39, 0.29) is 0 Å². The van der Waals surface area contributed by atoms with E-state index < -0.39 is 0 Å². The first kappa shape index (κ1) is 10.5. The Morgan fingerprint density at radius 3 is 2.93 bits per heavy atom. The van der Waals surface area contributed by atoms with Crippen LogP contribution in [0.25, 0.3) is 0 Å². The van der Waals surface area contributed by atoms with Gasteiger partial charge in [-0.1, -0.05) is 11.8 Å². The number of hydrogen-bond acceptors (Lipinski definition) is 7. The van der Waals surface area contributed by atoms with Gasteiger partial charge in [-0.3, -0.25) is 0 Å². The molecule has 0 bridgehead atoms. The summed E-state index contributed by atoms with van der Waals surface area (Å²) in [5.74, 6) is 6.39. The van der Waals surface area contributed by atoms with Crippen LogP contribution in [-0.4, -0.2) is 35.5 Å². The SMILES string of the molecule is COc1c(NN)ncnc1SC1COC1. The molecule has 2 heterocycles. The van der Waals surface area contributed by atoms with Crippen LogP contribution in [0.1, 0.15) is 0 Å². The first-order valence-corrected chi connectivity index (χ1v) is 5.33. The molecule has 0 aliphatic carbocycles. The van der Waals surface area contributed by atoms with E-state index in [1.165, 1.54) is 6.33 Å². The third-order valence-electron chi connectivity index (χ3n) is 2.00. The van der Waals surface area contributed by atoms with E-state index in [2.05, 4.69) is 15.4 Å². The van der Waals surface area contributed by atoms with Crippen LogP contribution < -0.4 is 16.0 Å². The van der Waals surface area contributed by atoms with E-state index in [4.69, 9.17) is 15.3 Å². The molecular weight excluding hydrogens is 216 g/mol. The number of aromatic nitrogens is 2. The van der Waals surface area contributed by atoms with Crippen molar-refractivity contribution < 1.29 is 9.47 Å². The Balaban J connectivity index is 2.20. The first-order chi connectivity index (χ1) is 7.35. The number of hydrogen-bond donors (Lipinski definition) is 2. The summed E-state index contributed by atoms with van der Waals surface area (Å²) >= 11 is 1.61. The van der Waals surface area contributed by atoms with Crippen LogP contribution in [0.2, 0.25) is 0 Å². The number of nitrogens with two attached hydrogens (primary N) is 1. The van der Waals surface area contributed by atoms with Crippen molar-refractivity contribution in [2.45, 2.75) is 10.3 Å². The highest BCUT2D eigenvalue weighted by Gasteiger charge is 2.23. The van der Waals surface area contributed by atoms with Crippen LogP contribution in [-0.2, 0) is 4.74 Å². The van der Waals surface area contributed by atoms with Gasteiger partial charge in [-0.25, -0.2) is 15.8 Å². The van der Waals surface area contributed by atoms with Gasteiger partial charge in [0, 0.05) is 0 Å². The van der Waals surface area contributed by atoms with Gasteiger partial charge in [0.25, 0.3) is 0 Å². The molecule has 82 valence electrons. The lowest BCUT2D eigenvalue weighted by Crippen LogP contribution is -2.30. The standard InChI is InChI=1S/C8H12N4O2S/c1-13-6-7(12-9)10-4-11-8(6)15-5-2-14-3-5/h4-5H,2-3,9H2,1H3,(H,10,11,12). The van der Waals surface area contributed by atoms with E-state index in [1.54, 1.807) is 18.9 Å². The number of nitrogens with zero attached hydrogens (tertiary/aromatic N) is 2. The normalized spacial score (nSPS) is 15.9. The molecule has 0 unspecified atom stereocenters. The van der Waals surface area contributed by atoms with Crippen molar-refractivity contribution in [2.24, 2.45) is 5.84 Å². The lowest BCUT2D eigenvalue weighted by Gasteiger charge is -2.25. The summed E-state index contributed by atoms with van der Waals surface area (Å²) in [5, 5.41) is 1.23. The molecule has 1 aliphatic heterocycles. The van der Waals surface area contributed by atoms with Gasteiger partial charge < -0.3 is 14.9 Å². The molecule has 0 spiro atoms. The van der Waals surface area contributed by atoms with E-state index in [1.807, 2.05) is 0 Å². The highest BCUT2D eigenvalue weighted by molar-refractivity contribution is 8.00. The van der Waals surface area contributed by atoms with Crippen molar-refractivity contribution in [3.05, 3.63) is 6.33 Å². The van der Waals surface area contributed by atoms with Gasteiger partial charge in [0.2, 0.25) is 0 Å². The average molecular weight is 228 g/mol. The summed E-state index contributed by atoms with van der Waals surface area (Å²) in [6.07, 6.45) is 1.46. The largest absolute Gasteiger partial charge is 0.490 e. The third kappa shape index (κ3) is 2.14. The number of nitrogen functional groups attached to an aromatic ring is 1. The second-order valence-corrected chi connectivity index (χ2v) is 4.27. The zero-order valence-corrected chi connectivity index (χ0v) is 9.08. The minimum atomic E-state index is 0.444. The summed E-state index contributed by atoms with van der Waals surface area (Å²) in [4.78, 5) is 8.12. The molecule has 0 saturated carbocycles. The van der Waals surface area contributed by atoms with Crippen LogP contribution >= 0.6 is 11.8 Å². The maximum Gasteiger partial charge on any atom is 0.195 e.